The van der Waals surface area contributed by atoms with Gasteiger partial charge in [0.05, 0.1) is 26.5 Å². The molecule has 1 saturated carbocycles. The highest BCUT2D eigenvalue weighted by atomic mass is 16.5. The smallest absolute Gasteiger partial charge is 0.238 e. The molecule has 0 heterocycles. The molecule has 4 rings (SSSR count). The van der Waals surface area contributed by atoms with Crippen molar-refractivity contribution in [2.75, 3.05) is 26.1 Å². The number of nitrogens with zero attached hydrogens (tertiary/aromatic N) is 1. The standard InChI is InChI=1S/C22H26N2O3/c1-26-17-10-12-21(27-2)19(13-17)23-22(25)14-24(16-8-9-16)20-11-7-15-5-3-4-6-18(15)20/h3-6,10,12-13,16,20H,7-9,11,14H2,1-2H3,(H,23,25). The van der Waals surface area contributed by atoms with E-state index in [1.165, 1.54) is 24.0 Å². The van der Waals surface area contributed by atoms with Crippen LogP contribution in [0.2, 0.25) is 0 Å². The molecule has 1 fully saturated rings. The third-order valence-electron chi connectivity index (χ3n) is 5.52. The van der Waals surface area contributed by atoms with Gasteiger partial charge in [-0.3, -0.25) is 9.69 Å². The summed E-state index contributed by atoms with van der Waals surface area (Å²) in [6.45, 7) is 0.393. The molecule has 2 aromatic rings. The SMILES string of the molecule is COc1ccc(OC)c(NC(=O)CN(C2CC2)C2CCc3ccccc32)c1. The van der Waals surface area contributed by atoms with Crippen molar-refractivity contribution in [3.8, 4) is 11.5 Å². The van der Waals surface area contributed by atoms with E-state index in [0.717, 1.165) is 12.8 Å². The van der Waals surface area contributed by atoms with Gasteiger partial charge in [-0.25, -0.2) is 0 Å². The number of ether oxygens (including phenoxy) is 2. The first-order chi connectivity index (χ1) is 13.2. The fraction of sp³-hybridized carbons (Fsp3) is 0.409. The number of fused-ring (bicyclic) bond motifs is 1. The predicted molar refractivity (Wildman–Crippen MR) is 105 cm³/mol. The molecule has 2 aromatic carbocycles. The molecule has 0 radical (unpaired) electrons. The number of nitrogens with one attached hydrogen (secondary N) is 1. The molecule has 142 valence electrons. The molecule has 0 saturated heterocycles. The molecule has 1 amide bonds. The first-order valence-electron chi connectivity index (χ1n) is 9.55. The van der Waals surface area contributed by atoms with Crippen LogP contribution in [-0.4, -0.2) is 37.6 Å². The highest BCUT2D eigenvalue weighted by molar-refractivity contribution is 5.94. The normalized spacial score (nSPS) is 18.3. The maximum Gasteiger partial charge on any atom is 0.238 e. The molecule has 5 nitrogen and oxygen atoms in total. The molecule has 0 bridgehead atoms. The Labute approximate surface area is 160 Å². The fourth-order valence-corrected chi connectivity index (χ4v) is 4.05. The molecule has 1 atom stereocenters. The van der Waals surface area contributed by atoms with Gasteiger partial charge in [-0.1, -0.05) is 24.3 Å². The van der Waals surface area contributed by atoms with Crippen molar-refractivity contribution in [2.24, 2.45) is 0 Å². The van der Waals surface area contributed by atoms with Gasteiger partial charge in [-0.15, -0.1) is 0 Å². The summed E-state index contributed by atoms with van der Waals surface area (Å²) in [5.74, 6) is 1.31. The van der Waals surface area contributed by atoms with Crippen LogP contribution in [-0.2, 0) is 11.2 Å². The maximum atomic E-state index is 12.8. The van der Waals surface area contributed by atoms with Gasteiger partial charge in [-0.05, 0) is 48.9 Å². The first-order valence-corrected chi connectivity index (χ1v) is 9.55. The number of amides is 1. The average molecular weight is 366 g/mol. The minimum atomic E-state index is -0.0159. The molecular formula is C22H26N2O3. The van der Waals surface area contributed by atoms with Crippen molar-refractivity contribution < 1.29 is 14.3 Å². The van der Waals surface area contributed by atoms with Crippen LogP contribution in [0.1, 0.15) is 36.4 Å². The van der Waals surface area contributed by atoms with E-state index >= 15 is 0 Å². The van der Waals surface area contributed by atoms with E-state index in [9.17, 15) is 4.79 Å². The zero-order valence-electron chi connectivity index (χ0n) is 15.9. The number of methoxy groups -OCH3 is 2. The number of hydrogen-bond donors (Lipinski definition) is 1. The van der Waals surface area contributed by atoms with Crippen LogP contribution in [0, 0.1) is 0 Å². The second kappa shape index (κ2) is 7.61. The van der Waals surface area contributed by atoms with Gasteiger partial charge in [0.1, 0.15) is 11.5 Å². The number of hydrogen-bond acceptors (Lipinski definition) is 4. The molecular weight excluding hydrogens is 340 g/mol. The zero-order valence-corrected chi connectivity index (χ0v) is 15.9. The van der Waals surface area contributed by atoms with Gasteiger partial charge in [-0.2, -0.15) is 0 Å². The van der Waals surface area contributed by atoms with E-state index < -0.39 is 0 Å². The Bertz CT molecular complexity index is 832. The maximum absolute atomic E-state index is 12.8. The monoisotopic (exact) mass is 366 g/mol. The van der Waals surface area contributed by atoms with Crippen molar-refractivity contribution in [2.45, 2.75) is 37.8 Å². The number of benzene rings is 2. The Balaban J connectivity index is 1.50. The third-order valence-corrected chi connectivity index (χ3v) is 5.52. The third kappa shape index (κ3) is 3.78. The summed E-state index contributed by atoms with van der Waals surface area (Å²) in [5.41, 5.74) is 3.45. The lowest BCUT2D eigenvalue weighted by Gasteiger charge is -2.29. The van der Waals surface area contributed by atoms with Crippen LogP contribution in [0.4, 0.5) is 5.69 Å². The van der Waals surface area contributed by atoms with Gasteiger partial charge in [0.25, 0.3) is 0 Å². The summed E-state index contributed by atoms with van der Waals surface area (Å²) in [6, 6.07) is 14.9. The van der Waals surface area contributed by atoms with E-state index in [0.29, 0.717) is 35.8 Å². The molecule has 1 unspecified atom stereocenters. The topological polar surface area (TPSA) is 50.8 Å². The van der Waals surface area contributed by atoms with Crippen LogP contribution in [0.5, 0.6) is 11.5 Å². The fourth-order valence-electron chi connectivity index (χ4n) is 4.05. The molecule has 0 aromatic heterocycles. The molecule has 2 aliphatic rings. The predicted octanol–water partition coefficient (Wildman–Crippen LogP) is 3.79. The summed E-state index contributed by atoms with van der Waals surface area (Å²) in [5, 5.41) is 3.01. The van der Waals surface area contributed by atoms with Crippen LogP contribution < -0.4 is 14.8 Å². The first kappa shape index (κ1) is 17.9. The number of carbonyl (C=O) groups is 1. The van der Waals surface area contributed by atoms with Crippen molar-refractivity contribution >= 4 is 11.6 Å². The Hall–Kier alpha value is -2.53. The summed E-state index contributed by atoms with van der Waals surface area (Å²) in [4.78, 5) is 15.2. The second-order valence-electron chi connectivity index (χ2n) is 7.27. The van der Waals surface area contributed by atoms with Gasteiger partial charge in [0.2, 0.25) is 5.91 Å². The highest BCUT2D eigenvalue weighted by Gasteiger charge is 2.38. The van der Waals surface area contributed by atoms with Gasteiger partial charge >= 0.3 is 0 Å². The lowest BCUT2D eigenvalue weighted by Crippen LogP contribution is -2.37. The minimum Gasteiger partial charge on any atom is -0.497 e. The molecule has 0 spiro atoms. The number of rotatable bonds is 7. The van der Waals surface area contributed by atoms with Gasteiger partial charge < -0.3 is 14.8 Å². The highest BCUT2D eigenvalue weighted by Crippen LogP contribution is 2.41. The largest absolute Gasteiger partial charge is 0.497 e. The van der Waals surface area contributed by atoms with Crippen LogP contribution in [0.15, 0.2) is 42.5 Å². The molecule has 5 heteroatoms. The van der Waals surface area contributed by atoms with E-state index in [-0.39, 0.29) is 5.91 Å². The van der Waals surface area contributed by atoms with E-state index in [1.54, 1.807) is 26.4 Å². The lowest BCUT2D eigenvalue weighted by atomic mass is 10.1. The lowest BCUT2D eigenvalue weighted by molar-refractivity contribution is -0.118. The second-order valence-corrected chi connectivity index (χ2v) is 7.27. The summed E-state index contributed by atoms with van der Waals surface area (Å²) in [7, 11) is 3.21. The van der Waals surface area contributed by atoms with E-state index in [2.05, 4.69) is 34.5 Å². The Morgan fingerprint density at radius 2 is 1.93 bits per heavy atom. The average Bonchev–Trinajstić information content (AvgIpc) is 3.45. The van der Waals surface area contributed by atoms with Gasteiger partial charge in [0, 0.05) is 18.2 Å². The van der Waals surface area contributed by atoms with E-state index in [4.69, 9.17) is 9.47 Å². The number of carbonyl (C=O) groups excluding carboxylic acids is 1. The number of aryl methyl sites for hydroxylation is 1. The summed E-state index contributed by atoms with van der Waals surface area (Å²) < 4.78 is 10.6. The van der Waals surface area contributed by atoms with Gasteiger partial charge in [0.15, 0.2) is 0 Å². The number of anilines is 1. The Morgan fingerprint density at radius 3 is 2.67 bits per heavy atom. The van der Waals surface area contributed by atoms with Crippen molar-refractivity contribution in [1.82, 2.24) is 4.90 Å². The van der Waals surface area contributed by atoms with Crippen LogP contribution in [0.25, 0.3) is 0 Å². The summed E-state index contributed by atoms with van der Waals surface area (Å²) >= 11 is 0. The zero-order chi connectivity index (χ0) is 18.8. The molecule has 0 aliphatic heterocycles. The van der Waals surface area contributed by atoms with Crippen molar-refractivity contribution in [1.29, 1.82) is 0 Å². The molecule has 1 N–H and O–H groups in total. The Morgan fingerprint density at radius 1 is 1.11 bits per heavy atom. The quantitative estimate of drug-likeness (QED) is 0.810. The van der Waals surface area contributed by atoms with Crippen molar-refractivity contribution in [3.63, 3.8) is 0 Å². The molecule has 27 heavy (non-hydrogen) atoms. The molecule has 2 aliphatic carbocycles. The van der Waals surface area contributed by atoms with Crippen LogP contribution in [0.3, 0.4) is 0 Å². The minimum absolute atomic E-state index is 0.0159. The Kier molecular flexibility index (Phi) is 5.03. The van der Waals surface area contributed by atoms with Crippen LogP contribution >= 0.6 is 0 Å². The van der Waals surface area contributed by atoms with E-state index in [1.807, 2.05) is 6.07 Å². The van der Waals surface area contributed by atoms with Crippen molar-refractivity contribution in [3.05, 3.63) is 53.6 Å². The summed E-state index contributed by atoms with van der Waals surface area (Å²) in [6.07, 6.45) is 4.53.